The number of β-amino-alcohol motifs (C(OH)–C–C–N with tert-alkyl or cyclic N) is 1. The van der Waals surface area contributed by atoms with E-state index in [4.69, 9.17) is 0 Å². The van der Waals surface area contributed by atoms with E-state index in [-0.39, 0.29) is 0 Å². The van der Waals surface area contributed by atoms with Gasteiger partial charge in [-0.1, -0.05) is 48.5 Å². The fourth-order valence-electron chi connectivity index (χ4n) is 3.10. The van der Waals surface area contributed by atoms with Crippen LogP contribution in [-0.2, 0) is 5.72 Å². The monoisotopic (exact) mass is 297 g/mol. The van der Waals surface area contributed by atoms with Gasteiger partial charge in [-0.15, -0.1) is 0 Å². The Morgan fingerprint density at radius 1 is 1.00 bits per heavy atom. The van der Waals surface area contributed by atoms with Crippen LogP contribution in [0.4, 0.5) is 5.69 Å². The number of amidine groups is 1. The van der Waals surface area contributed by atoms with Gasteiger partial charge in [0, 0.05) is 11.3 Å². The highest BCUT2D eigenvalue weighted by Crippen LogP contribution is 2.37. The Hall–Kier alpha value is -1.78. The molecule has 0 saturated heterocycles. The summed E-state index contributed by atoms with van der Waals surface area (Å²) in [6.07, 6.45) is 0. The average molecular weight is 297 g/mol. The lowest BCUT2D eigenvalue weighted by Crippen LogP contribution is -2.41. The summed E-state index contributed by atoms with van der Waals surface area (Å²) < 4.78 is 2.14. The summed E-state index contributed by atoms with van der Waals surface area (Å²) in [5, 5.41) is 12.5. The Kier molecular flexibility index (Phi) is 3.01. The number of thioether (sulfide) groups is 1. The summed E-state index contributed by atoms with van der Waals surface area (Å²) in [4.78, 5) is 2.23. The molecule has 106 valence electrons. The average Bonchev–Trinajstić information content (AvgIpc) is 3.13. The van der Waals surface area contributed by atoms with Crippen molar-refractivity contribution >= 4 is 22.6 Å². The fourth-order valence-corrected chi connectivity index (χ4v) is 4.28. The zero-order chi connectivity index (χ0) is 14.3. The van der Waals surface area contributed by atoms with Gasteiger partial charge >= 0.3 is 5.17 Å². The first-order valence-electron chi connectivity index (χ1n) is 7.17. The summed E-state index contributed by atoms with van der Waals surface area (Å²) in [6, 6.07) is 20.3. The van der Waals surface area contributed by atoms with Crippen molar-refractivity contribution in [1.82, 2.24) is 0 Å². The van der Waals surface area contributed by atoms with Crippen molar-refractivity contribution in [2.45, 2.75) is 5.72 Å². The van der Waals surface area contributed by atoms with Crippen LogP contribution in [0.2, 0.25) is 0 Å². The molecule has 2 aromatic carbocycles. The van der Waals surface area contributed by atoms with E-state index in [0.717, 1.165) is 28.7 Å². The van der Waals surface area contributed by atoms with E-state index in [1.807, 2.05) is 60.3 Å². The number of para-hydroxylation sites is 1. The fraction of sp³-hybridized carbons (Fsp3) is 0.235. The van der Waals surface area contributed by atoms with Crippen LogP contribution in [0.1, 0.15) is 5.56 Å². The van der Waals surface area contributed by atoms with E-state index in [2.05, 4.69) is 21.6 Å². The highest BCUT2D eigenvalue weighted by molar-refractivity contribution is 8.14. The minimum Gasteiger partial charge on any atom is -0.346 e. The number of nitrogens with zero attached hydrogens (tertiary/aromatic N) is 2. The van der Waals surface area contributed by atoms with Crippen molar-refractivity contribution in [2.75, 3.05) is 23.7 Å². The predicted molar refractivity (Wildman–Crippen MR) is 86.7 cm³/mol. The smallest absolute Gasteiger partial charge is 0.316 e. The molecule has 3 nitrogen and oxygen atoms in total. The highest BCUT2D eigenvalue weighted by Gasteiger charge is 2.54. The van der Waals surface area contributed by atoms with Gasteiger partial charge < -0.3 is 5.11 Å². The number of benzene rings is 2. The van der Waals surface area contributed by atoms with E-state index < -0.39 is 5.72 Å². The predicted octanol–water partition coefficient (Wildman–Crippen LogP) is 2.47. The van der Waals surface area contributed by atoms with Gasteiger partial charge in [0.1, 0.15) is 5.69 Å². The molecule has 0 unspecified atom stereocenters. The van der Waals surface area contributed by atoms with E-state index in [9.17, 15) is 5.11 Å². The van der Waals surface area contributed by atoms with Crippen molar-refractivity contribution in [3.63, 3.8) is 0 Å². The largest absolute Gasteiger partial charge is 0.346 e. The maximum atomic E-state index is 11.3. The quantitative estimate of drug-likeness (QED) is 0.863. The lowest BCUT2D eigenvalue weighted by Gasteiger charge is -2.22. The van der Waals surface area contributed by atoms with Crippen LogP contribution < -0.4 is 4.90 Å². The molecule has 21 heavy (non-hydrogen) atoms. The summed E-state index contributed by atoms with van der Waals surface area (Å²) >= 11 is 1.82. The van der Waals surface area contributed by atoms with Gasteiger partial charge in [0.15, 0.2) is 6.54 Å². The second-order valence-electron chi connectivity index (χ2n) is 5.39. The normalized spacial score (nSPS) is 24.5. The number of hydrogen-bond donors (Lipinski definition) is 1. The molecule has 0 aliphatic carbocycles. The molecule has 2 aromatic rings. The molecular weight excluding hydrogens is 280 g/mol. The van der Waals surface area contributed by atoms with E-state index in [1.54, 1.807) is 0 Å². The van der Waals surface area contributed by atoms with Crippen molar-refractivity contribution in [3.05, 3.63) is 66.2 Å². The topological polar surface area (TPSA) is 26.5 Å². The molecule has 0 amide bonds. The Bertz CT molecular complexity index is 686. The zero-order valence-corrected chi connectivity index (χ0v) is 12.5. The standard InChI is InChI=1S/C17H17N2OS/c20-17(14-7-3-1-4-8-14)13-18(15-9-5-2-6-10-15)16-19(17)11-12-21-16/h1-10,20H,11-13H2/q+1/t17-/m0/s1. The first-order valence-corrected chi connectivity index (χ1v) is 8.15. The van der Waals surface area contributed by atoms with Crippen molar-refractivity contribution in [1.29, 1.82) is 0 Å². The maximum absolute atomic E-state index is 11.3. The van der Waals surface area contributed by atoms with Gasteiger partial charge in [0.05, 0.1) is 6.54 Å². The van der Waals surface area contributed by atoms with Crippen LogP contribution in [0.5, 0.6) is 0 Å². The number of rotatable bonds is 2. The summed E-state index contributed by atoms with van der Waals surface area (Å²) in [5.41, 5.74) is 1.16. The second kappa shape index (κ2) is 4.90. The molecule has 0 spiro atoms. The van der Waals surface area contributed by atoms with Crippen LogP contribution in [0.15, 0.2) is 60.7 Å². The molecule has 0 radical (unpaired) electrons. The summed E-state index contributed by atoms with van der Waals surface area (Å²) in [6.45, 7) is 1.46. The SMILES string of the molecule is O[C@]1(c2ccccc2)CN(c2ccccc2)C2=[N+]1CCS2. The first-order chi connectivity index (χ1) is 10.3. The van der Waals surface area contributed by atoms with E-state index >= 15 is 0 Å². The lowest BCUT2D eigenvalue weighted by molar-refractivity contribution is -0.650. The van der Waals surface area contributed by atoms with Crippen molar-refractivity contribution < 1.29 is 9.68 Å². The zero-order valence-electron chi connectivity index (χ0n) is 11.6. The van der Waals surface area contributed by atoms with Crippen LogP contribution in [0, 0.1) is 0 Å². The number of hydrogen-bond acceptors (Lipinski definition) is 3. The van der Waals surface area contributed by atoms with Crippen LogP contribution in [-0.4, -0.2) is 33.7 Å². The van der Waals surface area contributed by atoms with Gasteiger partial charge in [0.25, 0.3) is 5.72 Å². The Labute approximate surface area is 128 Å². The molecule has 4 heteroatoms. The van der Waals surface area contributed by atoms with E-state index in [0.29, 0.717) is 6.54 Å². The first kappa shape index (κ1) is 12.9. The Morgan fingerprint density at radius 2 is 1.67 bits per heavy atom. The van der Waals surface area contributed by atoms with Crippen LogP contribution >= 0.6 is 11.8 Å². The lowest BCUT2D eigenvalue weighted by atomic mass is 10.0. The van der Waals surface area contributed by atoms with Gasteiger partial charge in [-0.05, 0) is 23.9 Å². The molecule has 4 rings (SSSR count). The van der Waals surface area contributed by atoms with Gasteiger partial charge in [-0.25, -0.2) is 9.48 Å². The molecule has 2 heterocycles. The Balaban J connectivity index is 1.80. The van der Waals surface area contributed by atoms with Crippen molar-refractivity contribution in [2.24, 2.45) is 0 Å². The van der Waals surface area contributed by atoms with Gasteiger partial charge in [-0.2, -0.15) is 0 Å². The molecule has 0 saturated carbocycles. The summed E-state index contributed by atoms with van der Waals surface area (Å²) in [7, 11) is 0. The number of aliphatic hydroxyl groups is 1. The molecule has 2 aliphatic rings. The minimum atomic E-state index is -0.935. The maximum Gasteiger partial charge on any atom is 0.316 e. The van der Waals surface area contributed by atoms with Crippen LogP contribution in [0.3, 0.4) is 0 Å². The molecule has 0 aromatic heterocycles. The molecule has 1 atom stereocenters. The molecular formula is C17H17N2OS+. The second-order valence-corrected chi connectivity index (χ2v) is 6.45. The van der Waals surface area contributed by atoms with Gasteiger partial charge in [-0.3, -0.25) is 0 Å². The third kappa shape index (κ3) is 1.98. The van der Waals surface area contributed by atoms with Gasteiger partial charge in [0.2, 0.25) is 0 Å². The van der Waals surface area contributed by atoms with Crippen LogP contribution in [0.25, 0.3) is 0 Å². The molecule has 1 N–H and O–H groups in total. The highest BCUT2D eigenvalue weighted by atomic mass is 32.2. The molecule has 2 aliphatic heterocycles. The van der Waals surface area contributed by atoms with Crippen molar-refractivity contribution in [3.8, 4) is 0 Å². The van der Waals surface area contributed by atoms with E-state index in [1.165, 1.54) is 0 Å². The minimum absolute atomic E-state index is 0.573. The Morgan fingerprint density at radius 3 is 2.38 bits per heavy atom. The third-order valence-corrected chi connectivity index (χ3v) is 5.22. The molecule has 0 bridgehead atoms. The summed E-state index contributed by atoms with van der Waals surface area (Å²) in [5.74, 6) is 1.02. The molecule has 0 fully saturated rings. The number of anilines is 1. The third-order valence-electron chi connectivity index (χ3n) is 4.14.